The predicted octanol–water partition coefficient (Wildman–Crippen LogP) is 4.64. The van der Waals surface area contributed by atoms with Crippen molar-refractivity contribution in [3.8, 4) is 0 Å². The molecule has 2 rings (SSSR count). The molecule has 0 fully saturated rings. The maximum absolute atomic E-state index is 12.0. The summed E-state index contributed by atoms with van der Waals surface area (Å²) in [4.78, 5) is 23.9. The Balaban J connectivity index is 1.90. The van der Waals surface area contributed by atoms with Crippen molar-refractivity contribution >= 4 is 35.1 Å². The Morgan fingerprint density at radius 3 is 2.40 bits per heavy atom. The Bertz CT molecular complexity index is 805. The van der Waals surface area contributed by atoms with Gasteiger partial charge in [-0.3, -0.25) is 4.79 Å². The quantitative estimate of drug-likeness (QED) is 0.769. The summed E-state index contributed by atoms with van der Waals surface area (Å²) < 4.78 is 5.01. The number of benzene rings is 2. The lowest BCUT2D eigenvalue weighted by molar-refractivity contribution is -0.124. The fourth-order valence-corrected chi connectivity index (χ4v) is 2.54. The number of nitrogens with one attached hydrogen (secondary N) is 1. The van der Waals surface area contributed by atoms with Crippen molar-refractivity contribution in [2.75, 3.05) is 6.61 Å². The summed E-state index contributed by atoms with van der Waals surface area (Å²) >= 11 is 11.7. The van der Waals surface area contributed by atoms with Crippen molar-refractivity contribution in [3.63, 3.8) is 0 Å². The monoisotopic (exact) mass is 379 g/mol. The molecule has 132 valence electrons. The number of carbonyl (C=O) groups is 2. The third-order valence-electron chi connectivity index (χ3n) is 3.90. The van der Waals surface area contributed by atoms with Crippen molar-refractivity contribution in [2.45, 2.75) is 26.8 Å². The molecule has 1 N–H and O–H groups in total. The van der Waals surface area contributed by atoms with Crippen LogP contribution >= 0.6 is 23.2 Å². The zero-order valence-corrected chi connectivity index (χ0v) is 15.7. The van der Waals surface area contributed by atoms with Gasteiger partial charge >= 0.3 is 5.97 Å². The molecule has 0 aliphatic rings. The van der Waals surface area contributed by atoms with Gasteiger partial charge in [-0.1, -0.05) is 41.4 Å². The van der Waals surface area contributed by atoms with Crippen LogP contribution in [0, 0.1) is 13.8 Å². The standard InChI is InChI=1S/C19H19Cl2NO3/c1-11-4-5-14(8-12(11)2)13(3)22-18(23)10-25-19(24)15-6-7-16(20)17(21)9-15/h4-9,13H,10H2,1-3H3,(H,22,23)/t13-/m0/s1. The topological polar surface area (TPSA) is 55.4 Å². The number of esters is 1. The van der Waals surface area contributed by atoms with Gasteiger partial charge in [-0.2, -0.15) is 0 Å². The summed E-state index contributed by atoms with van der Waals surface area (Å²) in [6, 6.07) is 10.2. The van der Waals surface area contributed by atoms with E-state index in [1.807, 2.05) is 39.0 Å². The molecule has 1 atom stereocenters. The van der Waals surface area contributed by atoms with E-state index in [9.17, 15) is 9.59 Å². The van der Waals surface area contributed by atoms with Gasteiger partial charge in [-0.25, -0.2) is 4.79 Å². The minimum atomic E-state index is -0.632. The van der Waals surface area contributed by atoms with Gasteiger partial charge in [0.15, 0.2) is 6.61 Å². The molecule has 0 bridgehead atoms. The van der Waals surface area contributed by atoms with Crippen LogP contribution in [0.1, 0.15) is 40.0 Å². The van der Waals surface area contributed by atoms with E-state index in [-0.39, 0.29) is 29.1 Å². The van der Waals surface area contributed by atoms with E-state index in [2.05, 4.69) is 5.32 Å². The molecule has 6 heteroatoms. The molecule has 0 aliphatic heterocycles. The fraction of sp³-hybridized carbons (Fsp3) is 0.263. The molecule has 0 aliphatic carbocycles. The molecule has 0 spiro atoms. The molecule has 2 aromatic rings. The Kier molecular flexibility index (Phi) is 6.45. The first-order chi connectivity index (χ1) is 11.8. The zero-order chi connectivity index (χ0) is 18.6. The van der Waals surface area contributed by atoms with Gasteiger partial charge in [-0.05, 0) is 55.7 Å². The van der Waals surface area contributed by atoms with E-state index in [1.165, 1.54) is 23.8 Å². The number of rotatable bonds is 5. The first kappa shape index (κ1) is 19.3. The maximum Gasteiger partial charge on any atom is 0.338 e. The normalized spacial score (nSPS) is 11.7. The van der Waals surface area contributed by atoms with Gasteiger partial charge in [0.2, 0.25) is 0 Å². The second kappa shape index (κ2) is 8.37. The van der Waals surface area contributed by atoms with Crippen LogP contribution in [0.25, 0.3) is 0 Å². The first-order valence-corrected chi connectivity index (χ1v) is 8.52. The highest BCUT2D eigenvalue weighted by molar-refractivity contribution is 6.42. The first-order valence-electron chi connectivity index (χ1n) is 7.76. The van der Waals surface area contributed by atoms with Crippen LogP contribution in [0.15, 0.2) is 36.4 Å². The average Bonchev–Trinajstić information content (AvgIpc) is 2.57. The Morgan fingerprint density at radius 2 is 1.76 bits per heavy atom. The molecule has 0 saturated carbocycles. The molecule has 1 amide bonds. The minimum Gasteiger partial charge on any atom is -0.452 e. The molecule has 2 aromatic carbocycles. The SMILES string of the molecule is Cc1ccc([C@H](C)NC(=O)COC(=O)c2ccc(Cl)c(Cl)c2)cc1C. The minimum absolute atomic E-state index is 0.185. The van der Waals surface area contributed by atoms with Gasteiger partial charge in [0.1, 0.15) is 0 Å². The highest BCUT2D eigenvalue weighted by atomic mass is 35.5. The molecule has 0 unspecified atom stereocenters. The third kappa shape index (κ3) is 5.21. The summed E-state index contributed by atoms with van der Waals surface area (Å²) in [5.41, 5.74) is 3.58. The van der Waals surface area contributed by atoms with Crippen LogP contribution in [0.3, 0.4) is 0 Å². The van der Waals surface area contributed by atoms with Crippen LogP contribution in [0.2, 0.25) is 10.0 Å². The Labute approximate surface area is 157 Å². The van der Waals surface area contributed by atoms with Gasteiger partial charge < -0.3 is 10.1 Å². The van der Waals surface area contributed by atoms with E-state index < -0.39 is 5.97 Å². The lowest BCUT2D eigenvalue weighted by Gasteiger charge is -2.16. The zero-order valence-electron chi connectivity index (χ0n) is 14.2. The third-order valence-corrected chi connectivity index (χ3v) is 4.64. The average molecular weight is 380 g/mol. The van der Waals surface area contributed by atoms with Gasteiger partial charge in [0.05, 0.1) is 21.7 Å². The van der Waals surface area contributed by atoms with E-state index in [0.717, 1.165) is 11.1 Å². The summed E-state index contributed by atoms with van der Waals surface area (Å²) in [6.45, 7) is 5.56. The van der Waals surface area contributed by atoms with Crippen molar-refractivity contribution in [1.82, 2.24) is 5.32 Å². The van der Waals surface area contributed by atoms with Crippen molar-refractivity contribution in [2.24, 2.45) is 0 Å². The number of halogens is 2. The van der Waals surface area contributed by atoms with Crippen LogP contribution in [-0.2, 0) is 9.53 Å². The van der Waals surface area contributed by atoms with Gasteiger partial charge in [-0.15, -0.1) is 0 Å². The van der Waals surface area contributed by atoms with Crippen LogP contribution in [0.5, 0.6) is 0 Å². The van der Waals surface area contributed by atoms with Crippen molar-refractivity contribution in [3.05, 3.63) is 68.7 Å². The number of hydrogen-bond acceptors (Lipinski definition) is 3. The van der Waals surface area contributed by atoms with Crippen molar-refractivity contribution in [1.29, 1.82) is 0 Å². The van der Waals surface area contributed by atoms with E-state index >= 15 is 0 Å². The molecular formula is C19H19Cl2NO3. The van der Waals surface area contributed by atoms with E-state index in [1.54, 1.807) is 0 Å². The van der Waals surface area contributed by atoms with E-state index in [0.29, 0.717) is 5.02 Å². The number of ether oxygens (including phenoxy) is 1. The Morgan fingerprint density at radius 1 is 1.04 bits per heavy atom. The summed E-state index contributed by atoms with van der Waals surface area (Å²) in [5, 5.41) is 3.41. The highest BCUT2D eigenvalue weighted by Crippen LogP contribution is 2.23. The fourth-order valence-electron chi connectivity index (χ4n) is 2.24. The molecule has 0 saturated heterocycles. The maximum atomic E-state index is 12.0. The lowest BCUT2D eigenvalue weighted by Crippen LogP contribution is -2.31. The van der Waals surface area contributed by atoms with Crippen LogP contribution in [-0.4, -0.2) is 18.5 Å². The second-order valence-electron chi connectivity index (χ2n) is 5.84. The number of carbonyl (C=O) groups excluding carboxylic acids is 2. The number of amides is 1. The molecule has 0 heterocycles. The largest absolute Gasteiger partial charge is 0.452 e. The molecular weight excluding hydrogens is 361 g/mol. The lowest BCUT2D eigenvalue weighted by atomic mass is 10.0. The number of hydrogen-bond donors (Lipinski definition) is 1. The van der Waals surface area contributed by atoms with Crippen LogP contribution in [0.4, 0.5) is 0 Å². The predicted molar refractivity (Wildman–Crippen MR) is 99.2 cm³/mol. The summed E-state index contributed by atoms with van der Waals surface area (Å²) in [6.07, 6.45) is 0. The molecule has 25 heavy (non-hydrogen) atoms. The highest BCUT2D eigenvalue weighted by Gasteiger charge is 2.14. The molecule has 0 radical (unpaired) electrons. The van der Waals surface area contributed by atoms with Gasteiger partial charge in [0, 0.05) is 0 Å². The second-order valence-corrected chi connectivity index (χ2v) is 6.65. The Hall–Kier alpha value is -2.04. The van der Waals surface area contributed by atoms with Gasteiger partial charge in [0.25, 0.3) is 5.91 Å². The number of aryl methyl sites for hydroxylation is 2. The van der Waals surface area contributed by atoms with Crippen LogP contribution < -0.4 is 5.32 Å². The van der Waals surface area contributed by atoms with E-state index in [4.69, 9.17) is 27.9 Å². The summed E-state index contributed by atoms with van der Waals surface area (Å²) in [5.74, 6) is -1.01. The van der Waals surface area contributed by atoms with Crippen molar-refractivity contribution < 1.29 is 14.3 Å². The molecule has 0 aromatic heterocycles. The smallest absolute Gasteiger partial charge is 0.338 e. The molecule has 4 nitrogen and oxygen atoms in total. The summed E-state index contributed by atoms with van der Waals surface area (Å²) in [7, 11) is 0.